The van der Waals surface area contributed by atoms with Crippen molar-refractivity contribution in [2.75, 3.05) is 5.32 Å². The van der Waals surface area contributed by atoms with Gasteiger partial charge in [0.15, 0.2) is 23.4 Å². The van der Waals surface area contributed by atoms with Gasteiger partial charge in [-0.25, -0.2) is 14.8 Å². The first-order valence-electron chi connectivity index (χ1n) is 5.35. The summed E-state index contributed by atoms with van der Waals surface area (Å²) in [6.07, 6.45) is -0.271. The third-order valence-corrected chi connectivity index (χ3v) is 3.11. The minimum Gasteiger partial charge on any atom is -0.476 e. The molecule has 0 aliphatic carbocycles. The molecule has 20 heavy (non-hydrogen) atoms. The van der Waals surface area contributed by atoms with Gasteiger partial charge < -0.3 is 15.3 Å². The fraction of sp³-hybridized carbons (Fsp3) is 0.300. The summed E-state index contributed by atoms with van der Waals surface area (Å²) in [5, 5.41) is 14.9. The van der Waals surface area contributed by atoms with Crippen LogP contribution in [-0.2, 0) is 9.63 Å². The number of carboxylic acid groups (broad SMARTS) is 1. The zero-order valence-electron chi connectivity index (χ0n) is 10.1. The van der Waals surface area contributed by atoms with Gasteiger partial charge in [-0.1, -0.05) is 16.8 Å². The van der Waals surface area contributed by atoms with Crippen molar-refractivity contribution in [3.8, 4) is 0 Å². The highest BCUT2D eigenvalue weighted by atomic mass is 79.9. The Bertz CT molecular complexity index is 622. The Balaban J connectivity index is 2.44. The van der Waals surface area contributed by atoms with Crippen LogP contribution >= 0.6 is 27.5 Å². The Morgan fingerprint density at radius 2 is 2.20 bits per heavy atom. The van der Waals surface area contributed by atoms with Crippen LogP contribution in [0.15, 0.2) is 5.16 Å². The lowest BCUT2D eigenvalue weighted by Gasteiger charge is -2.11. The zero-order chi connectivity index (χ0) is 14.9. The summed E-state index contributed by atoms with van der Waals surface area (Å²) in [5.41, 5.74) is -0.410. The Hall–Kier alpha value is -1.74. The van der Waals surface area contributed by atoms with Crippen molar-refractivity contribution in [1.82, 2.24) is 9.97 Å². The first kappa shape index (κ1) is 14.7. The maximum absolute atomic E-state index is 11.1. The molecule has 0 bridgehead atoms. The Morgan fingerprint density at radius 1 is 1.50 bits per heavy atom. The van der Waals surface area contributed by atoms with Crippen LogP contribution in [0, 0.1) is 0 Å². The molecule has 1 aromatic rings. The van der Waals surface area contributed by atoms with E-state index in [1.165, 1.54) is 6.92 Å². The predicted octanol–water partition coefficient (Wildman–Crippen LogP) is 1.96. The summed E-state index contributed by atoms with van der Waals surface area (Å²) in [5.74, 6) is -1.76. The second-order valence-corrected chi connectivity index (χ2v) is 5.14. The summed E-state index contributed by atoms with van der Waals surface area (Å²) in [6, 6.07) is 0. The van der Waals surface area contributed by atoms with Gasteiger partial charge >= 0.3 is 5.97 Å². The average molecular weight is 364 g/mol. The first-order valence-corrected chi connectivity index (χ1v) is 6.52. The SMILES string of the molecule is CC(=O)Nc1nc(C2CC(Br)=NO2)nc(C(=O)O)c1Cl. The molecule has 0 saturated heterocycles. The number of nitrogens with zero attached hydrogens (tertiary/aromatic N) is 3. The van der Waals surface area contributed by atoms with Gasteiger partial charge in [0.2, 0.25) is 5.91 Å². The van der Waals surface area contributed by atoms with Crippen LogP contribution < -0.4 is 5.32 Å². The molecule has 0 saturated carbocycles. The largest absolute Gasteiger partial charge is 0.476 e. The van der Waals surface area contributed by atoms with Gasteiger partial charge in [-0.05, 0) is 15.9 Å². The Morgan fingerprint density at radius 3 is 2.70 bits per heavy atom. The van der Waals surface area contributed by atoms with E-state index in [1.807, 2.05) is 0 Å². The molecule has 8 nitrogen and oxygen atoms in total. The molecular formula is C10H8BrClN4O4. The summed E-state index contributed by atoms with van der Waals surface area (Å²) < 4.78 is 0.555. The highest BCUT2D eigenvalue weighted by Crippen LogP contribution is 2.30. The van der Waals surface area contributed by atoms with E-state index < -0.39 is 23.7 Å². The summed E-state index contributed by atoms with van der Waals surface area (Å²) >= 11 is 9.01. The van der Waals surface area contributed by atoms with Crippen molar-refractivity contribution >= 4 is 49.8 Å². The number of hydrogen-bond donors (Lipinski definition) is 2. The molecule has 106 valence electrons. The van der Waals surface area contributed by atoms with Gasteiger partial charge in [-0.3, -0.25) is 4.79 Å². The van der Waals surface area contributed by atoms with E-state index in [0.717, 1.165) is 0 Å². The van der Waals surface area contributed by atoms with Crippen molar-refractivity contribution in [2.24, 2.45) is 5.16 Å². The van der Waals surface area contributed by atoms with E-state index in [4.69, 9.17) is 21.5 Å². The second-order valence-electron chi connectivity index (χ2n) is 3.85. The molecule has 1 aliphatic rings. The fourth-order valence-corrected chi connectivity index (χ4v) is 2.08. The maximum Gasteiger partial charge on any atom is 0.356 e. The quantitative estimate of drug-likeness (QED) is 0.848. The molecule has 0 aromatic carbocycles. The standard InChI is InChI=1S/C10H8BrClN4O4/c1-3(17)13-9-6(12)7(10(18)19)14-8(15-9)4-2-5(11)16-20-4/h4H,2H2,1H3,(H,18,19)(H,13,14,15,17). The number of halogens is 2. The van der Waals surface area contributed by atoms with E-state index in [2.05, 4.69) is 36.4 Å². The van der Waals surface area contributed by atoms with Crippen LogP contribution in [0.4, 0.5) is 5.82 Å². The van der Waals surface area contributed by atoms with Gasteiger partial charge in [0, 0.05) is 13.3 Å². The van der Waals surface area contributed by atoms with Crippen LogP contribution in [0.25, 0.3) is 0 Å². The Kier molecular flexibility index (Phi) is 4.19. The second kappa shape index (κ2) is 5.71. The van der Waals surface area contributed by atoms with Gasteiger partial charge in [0.1, 0.15) is 9.64 Å². The van der Waals surface area contributed by atoms with Crippen molar-refractivity contribution < 1.29 is 19.5 Å². The number of nitrogens with one attached hydrogen (secondary N) is 1. The number of rotatable bonds is 3. The number of amides is 1. The van der Waals surface area contributed by atoms with Crippen molar-refractivity contribution in [1.29, 1.82) is 0 Å². The van der Waals surface area contributed by atoms with Crippen LogP contribution in [0.5, 0.6) is 0 Å². The molecule has 1 amide bonds. The molecule has 2 N–H and O–H groups in total. The first-order chi connectivity index (χ1) is 9.38. The highest BCUT2D eigenvalue weighted by Gasteiger charge is 2.28. The Labute approximate surface area is 126 Å². The molecule has 0 spiro atoms. The average Bonchev–Trinajstić information content (AvgIpc) is 2.77. The molecular weight excluding hydrogens is 355 g/mol. The number of hydrogen-bond acceptors (Lipinski definition) is 6. The topological polar surface area (TPSA) is 114 Å². The molecule has 1 aliphatic heterocycles. The van der Waals surface area contributed by atoms with Gasteiger partial charge in [0.25, 0.3) is 0 Å². The normalized spacial score (nSPS) is 17.4. The van der Waals surface area contributed by atoms with E-state index in [9.17, 15) is 9.59 Å². The summed E-state index contributed by atoms with van der Waals surface area (Å²) in [7, 11) is 0. The molecule has 0 fully saturated rings. The minimum atomic E-state index is -1.33. The number of carbonyl (C=O) groups excluding carboxylic acids is 1. The summed E-state index contributed by atoms with van der Waals surface area (Å²) in [4.78, 5) is 35.1. The number of aromatic carboxylic acids is 1. The van der Waals surface area contributed by atoms with Crippen LogP contribution in [-0.4, -0.2) is 31.6 Å². The molecule has 0 radical (unpaired) electrons. The van der Waals surface area contributed by atoms with E-state index in [-0.39, 0.29) is 16.7 Å². The predicted molar refractivity (Wildman–Crippen MR) is 73.1 cm³/mol. The number of carbonyl (C=O) groups is 2. The summed E-state index contributed by atoms with van der Waals surface area (Å²) in [6.45, 7) is 1.25. The monoisotopic (exact) mass is 362 g/mol. The van der Waals surface area contributed by atoms with E-state index >= 15 is 0 Å². The molecule has 10 heteroatoms. The molecule has 1 aromatic heterocycles. The van der Waals surface area contributed by atoms with Crippen molar-refractivity contribution in [3.05, 3.63) is 16.5 Å². The van der Waals surface area contributed by atoms with Crippen LogP contribution in [0.1, 0.15) is 35.8 Å². The number of anilines is 1. The van der Waals surface area contributed by atoms with Crippen LogP contribution in [0.3, 0.4) is 0 Å². The van der Waals surface area contributed by atoms with Gasteiger partial charge in [-0.2, -0.15) is 0 Å². The van der Waals surface area contributed by atoms with E-state index in [1.54, 1.807) is 0 Å². The molecule has 1 unspecified atom stereocenters. The van der Waals surface area contributed by atoms with Gasteiger partial charge in [-0.15, -0.1) is 0 Å². The smallest absolute Gasteiger partial charge is 0.356 e. The number of aromatic nitrogens is 2. The van der Waals surface area contributed by atoms with Crippen molar-refractivity contribution in [2.45, 2.75) is 19.4 Å². The lowest BCUT2D eigenvalue weighted by atomic mass is 10.2. The third-order valence-electron chi connectivity index (χ3n) is 2.29. The van der Waals surface area contributed by atoms with Gasteiger partial charge in [0.05, 0.1) is 0 Å². The highest BCUT2D eigenvalue weighted by molar-refractivity contribution is 9.18. The van der Waals surface area contributed by atoms with Crippen LogP contribution in [0.2, 0.25) is 5.02 Å². The molecule has 1 atom stereocenters. The number of oxime groups is 1. The molecule has 2 rings (SSSR count). The third kappa shape index (κ3) is 3.05. The maximum atomic E-state index is 11.1. The zero-order valence-corrected chi connectivity index (χ0v) is 12.4. The lowest BCUT2D eigenvalue weighted by molar-refractivity contribution is -0.114. The fourth-order valence-electron chi connectivity index (χ4n) is 1.49. The minimum absolute atomic E-state index is 0.0758. The van der Waals surface area contributed by atoms with E-state index in [0.29, 0.717) is 11.0 Å². The van der Waals surface area contributed by atoms with Crippen molar-refractivity contribution in [3.63, 3.8) is 0 Å². The molecule has 2 heterocycles. The number of carboxylic acids is 1. The lowest BCUT2D eigenvalue weighted by Crippen LogP contribution is -2.16.